The summed E-state index contributed by atoms with van der Waals surface area (Å²) in [7, 11) is 0. The second kappa shape index (κ2) is 6.87. The fraction of sp³-hybridized carbons (Fsp3) is 0.375. The first kappa shape index (κ1) is 15.7. The van der Waals surface area contributed by atoms with E-state index in [4.69, 9.17) is 16.7 Å². The van der Waals surface area contributed by atoms with Crippen molar-refractivity contribution >= 4 is 28.3 Å². The van der Waals surface area contributed by atoms with Crippen LogP contribution in [0.1, 0.15) is 30.6 Å². The minimum Gasteiger partial charge on any atom is -0.396 e. The lowest BCUT2D eigenvalue weighted by atomic mass is 10.00. The molecule has 5 heteroatoms. The van der Waals surface area contributed by atoms with Gasteiger partial charge in [-0.15, -0.1) is 0 Å². The van der Waals surface area contributed by atoms with Crippen molar-refractivity contribution < 1.29 is 9.90 Å². The Bertz CT molecular complexity index is 643. The molecule has 2 rings (SSSR count). The van der Waals surface area contributed by atoms with E-state index < -0.39 is 0 Å². The van der Waals surface area contributed by atoms with Crippen LogP contribution < -0.4 is 5.32 Å². The van der Waals surface area contributed by atoms with E-state index >= 15 is 0 Å². The lowest BCUT2D eigenvalue weighted by Crippen LogP contribution is -2.39. The zero-order valence-corrected chi connectivity index (χ0v) is 12.9. The van der Waals surface area contributed by atoms with E-state index in [9.17, 15) is 4.79 Å². The molecule has 1 aromatic carbocycles. The van der Waals surface area contributed by atoms with Crippen LogP contribution in [0.5, 0.6) is 0 Å². The van der Waals surface area contributed by atoms with Gasteiger partial charge in [-0.1, -0.05) is 49.7 Å². The summed E-state index contributed by atoms with van der Waals surface area (Å²) in [5, 5.41) is 14.0. The van der Waals surface area contributed by atoms with Crippen molar-refractivity contribution in [2.75, 3.05) is 6.61 Å². The van der Waals surface area contributed by atoms with Gasteiger partial charge in [-0.2, -0.15) is 0 Å². The predicted molar refractivity (Wildman–Crippen MR) is 84.5 cm³/mol. The molecule has 1 heterocycles. The van der Waals surface area contributed by atoms with Crippen molar-refractivity contribution in [3.8, 4) is 0 Å². The molecule has 2 aromatic rings. The number of benzene rings is 1. The molecule has 0 saturated heterocycles. The van der Waals surface area contributed by atoms with Gasteiger partial charge in [0.1, 0.15) is 5.15 Å². The maximum atomic E-state index is 12.5. The summed E-state index contributed by atoms with van der Waals surface area (Å²) in [5.41, 5.74) is 0.499. The lowest BCUT2D eigenvalue weighted by molar-refractivity contribution is 0.0918. The number of pyridine rings is 1. The number of amides is 1. The van der Waals surface area contributed by atoms with Crippen LogP contribution in [-0.2, 0) is 0 Å². The van der Waals surface area contributed by atoms with Crippen LogP contribution in [0, 0.1) is 5.92 Å². The van der Waals surface area contributed by atoms with Gasteiger partial charge < -0.3 is 10.4 Å². The molecule has 0 aliphatic heterocycles. The van der Waals surface area contributed by atoms with Crippen LogP contribution in [0.25, 0.3) is 10.8 Å². The topological polar surface area (TPSA) is 62.2 Å². The summed E-state index contributed by atoms with van der Waals surface area (Å²) in [6.45, 7) is 4.07. The normalized spacial score (nSPS) is 12.6. The predicted octanol–water partition coefficient (Wildman–Crippen LogP) is 3.03. The Morgan fingerprint density at radius 1 is 1.33 bits per heavy atom. The molecule has 1 atom stereocenters. The summed E-state index contributed by atoms with van der Waals surface area (Å²) < 4.78 is 0. The van der Waals surface area contributed by atoms with E-state index in [1.54, 1.807) is 0 Å². The Morgan fingerprint density at radius 2 is 2.00 bits per heavy atom. The van der Waals surface area contributed by atoms with Crippen molar-refractivity contribution in [3.05, 3.63) is 41.2 Å². The molecule has 112 valence electrons. The van der Waals surface area contributed by atoms with Crippen molar-refractivity contribution in [1.82, 2.24) is 10.3 Å². The Balaban J connectivity index is 2.33. The summed E-state index contributed by atoms with van der Waals surface area (Å²) in [5.74, 6) is 0.0511. The second-order valence-corrected chi connectivity index (χ2v) is 5.70. The summed E-state index contributed by atoms with van der Waals surface area (Å²) in [4.78, 5) is 16.6. The molecular formula is C16H19ClN2O2. The number of halogens is 1. The van der Waals surface area contributed by atoms with Gasteiger partial charge in [0.15, 0.2) is 0 Å². The van der Waals surface area contributed by atoms with E-state index in [1.165, 1.54) is 6.20 Å². The maximum Gasteiger partial charge on any atom is 0.253 e. The summed E-state index contributed by atoms with van der Waals surface area (Å²) in [6.07, 6.45) is 2.03. The van der Waals surface area contributed by atoms with E-state index in [0.29, 0.717) is 17.1 Å². The largest absolute Gasteiger partial charge is 0.396 e. The number of aromatic nitrogens is 1. The zero-order valence-electron chi connectivity index (χ0n) is 12.1. The molecular weight excluding hydrogens is 288 g/mol. The minimum absolute atomic E-state index is 0.0444. The first-order chi connectivity index (χ1) is 10.0. The lowest BCUT2D eigenvalue weighted by Gasteiger charge is -2.21. The van der Waals surface area contributed by atoms with Crippen LogP contribution in [0.15, 0.2) is 30.5 Å². The van der Waals surface area contributed by atoms with Crippen LogP contribution in [0.3, 0.4) is 0 Å². The van der Waals surface area contributed by atoms with Crippen LogP contribution in [0.4, 0.5) is 0 Å². The van der Waals surface area contributed by atoms with Gasteiger partial charge in [-0.25, -0.2) is 4.98 Å². The highest BCUT2D eigenvalue weighted by Crippen LogP contribution is 2.24. The number of nitrogens with one attached hydrogen (secondary N) is 1. The molecule has 1 unspecified atom stereocenters. The van der Waals surface area contributed by atoms with Gasteiger partial charge in [-0.05, 0) is 17.7 Å². The third kappa shape index (κ3) is 3.52. The molecule has 0 spiro atoms. The van der Waals surface area contributed by atoms with Crippen molar-refractivity contribution in [1.29, 1.82) is 0 Å². The number of hydrogen-bond acceptors (Lipinski definition) is 3. The van der Waals surface area contributed by atoms with Gasteiger partial charge in [0.05, 0.1) is 5.56 Å². The average molecular weight is 307 g/mol. The number of carbonyl (C=O) groups is 1. The van der Waals surface area contributed by atoms with E-state index in [1.807, 2.05) is 38.1 Å². The average Bonchev–Trinajstić information content (AvgIpc) is 2.47. The Labute approximate surface area is 129 Å². The van der Waals surface area contributed by atoms with Gasteiger partial charge >= 0.3 is 0 Å². The van der Waals surface area contributed by atoms with Gasteiger partial charge in [-0.3, -0.25) is 4.79 Å². The monoisotopic (exact) mass is 306 g/mol. The molecule has 1 aromatic heterocycles. The third-order valence-electron chi connectivity index (χ3n) is 3.55. The number of aliphatic hydroxyl groups is 1. The third-order valence-corrected chi connectivity index (χ3v) is 3.85. The fourth-order valence-corrected chi connectivity index (χ4v) is 2.51. The molecule has 2 N–H and O–H groups in total. The molecule has 4 nitrogen and oxygen atoms in total. The molecule has 1 amide bonds. The summed E-state index contributed by atoms with van der Waals surface area (Å²) in [6, 6.07) is 7.35. The van der Waals surface area contributed by atoms with E-state index in [-0.39, 0.29) is 24.5 Å². The van der Waals surface area contributed by atoms with Gasteiger partial charge in [0, 0.05) is 24.2 Å². The Hall–Kier alpha value is -1.65. The summed E-state index contributed by atoms with van der Waals surface area (Å²) >= 11 is 6.06. The number of fused-ring (bicyclic) bond motifs is 1. The minimum atomic E-state index is -0.192. The molecule has 21 heavy (non-hydrogen) atoms. The first-order valence-electron chi connectivity index (χ1n) is 6.99. The molecule has 0 aliphatic carbocycles. The molecule has 0 saturated carbocycles. The van der Waals surface area contributed by atoms with Crippen molar-refractivity contribution in [2.24, 2.45) is 5.92 Å². The first-order valence-corrected chi connectivity index (χ1v) is 7.37. The highest BCUT2D eigenvalue weighted by Gasteiger charge is 2.19. The molecule has 0 radical (unpaired) electrons. The van der Waals surface area contributed by atoms with Crippen LogP contribution in [-0.4, -0.2) is 28.6 Å². The fourth-order valence-electron chi connectivity index (χ4n) is 2.30. The number of rotatable bonds is 5. The highest BCUT2D eigenvalue weighted by molar-refractivity contribution is 6.34. The van der Waals surface area contributed by atoms with Crippen LogP contribution in [0.2, 0.25) is 5.15 Å². The number of hydrogen-bond donors (Lipinski definition) is 2. The Morgan fingerprint density at radius 3 is 2.62 bits per heavy atom. The smallest absolute Gasteiger partial charge is 0.253 e. The highest BCUT2D eigenvalue weighted by atomic mass is 35.5. The quantitative estimate of drug-likeness (QED) is 0.835. The number of carbonyl (C=O) groups excluding carboxylic acids is 1. The molecule has 0 bridgehead atoms. The molecule has 0 fully saturated rings. The zero-order chi connectivity index (χ0) is 15.4. The van der Waals surface area contributed by atoms with E-state index in [2.05, 4.69) is 10.3 Å². The Kier molecular flexibility index (Phi) is 5.15. The number of nitrogens with zero attached hydrogens (tertiary/aromatic N) is 1. The standard InChI is InChI=1S/C16H19ClN2O2/c1-10(2)14(7-8-20)19-16(21)13-9-18-15(17)12-6-4-3-5-11(12)13/h3-6,9-10,14,20H,7-8H2,1-2H3,(H,19,21). The van der Waals surface area contributed by atoms with E-state index in [0.717, 1.165) is 10.8 Å². The maximum absolute atomic E-state index is 12.5. The van der Waals surface area contributed by atoms with Crippen LogP contribution >= 0.6 is 11.6 Å². The van der Waals surface area contributed by atoms with Gasteiger partial charge in [0.2, 0.25) is 0 Å². The van der Waals surface area contributed by atoms with Crippen molar-refractivity contribution in [2.45, 2.75) is 26.3 Å². The molecule has 0 aliphatic rings. The SMILES string of the molecule is CC(C)C(CCO)NC(=O)c1cnc(Cl)c2ccccc12. The second-order valence-electron chi connectivity index (χ2n) is 5.34. The van der Waals surface area contributed by atoms with Gasteiger partial charge in [0.25, 0.3) is 5.91 Å². The van der Waals surface area contributed by atoms with Crippen molar-refractivity contribution in [3.63, 3.8) is 0 Å². The number of aliphatic hydroxyl groups excluding tert-OH is 1.